The van der Waals surface area contributed by atoms with Crippen LogP contribution in [0.25, 0.3) is 0 Å². The molecule has 0 bridgehead atoms. The number of methoxy groups -OCH3 is 1. The summed E-state index contributed by atoms with van der Waals surface area (Å²) < 4.78 is 18.6. The van der Waals surface area contributed by atoms with E-state index in [1.54, 1.807) is 7.11 Å². The molecule has 0 fully saturated rings. The van der Waals surface area contributed by atoms with Crippen LogP contribution < -0.4 is 20.3 Å². The summed E-state index contributed by atoms with van der Waals surface area (Å²) in [4.78, 5) is 19.4. The van der Waals surface area contributed by atoms with E-state index in [-0.39, 0.29) is 12.5 Å². The molecule has 5 rings (SSSR count). The van der Waals surface area contributed by atoms with Gasteiger partial charge in [0.1, 0.15) is 11.5 Å². The van der Waals surface area contributed by atoms with Gasteiger partial charge in [0.05, 0.1) is 13.7 Å². The molecular formula is C35H36BrN3O5. The number of hydrazine groups is 1. The number of aliphatic imine (C=N–C) groups is 1. The minimum Gasteiger partial charge on any atom is -0.496 e. The van der Waals surface area contributed by atoms with Gasteiger partial charge in [0, 0.05) is 36.0 Å². The fraction of sp³-hybridized carbons (Fsp3) is 0.257. The Bertz CT molecular complexity index is 1560. The lowest BCUT2D eigenvalue weighted by Gasteiger charge is -2.31. The summed E-state index contributed by atoms with van der Waals surface area (Å²) in [6.45, 7) is 0.978. The third kappa shape index (κ3) is 7.30. The minimum atomic E-state index is -1.33. The van der Waals surface area contributed by atoms with Gasteiger partial charge in [-0.15, -0.1) is 0 Å². The average Bonchev–Trinajstić information content (AvgIpc) is 3.45. The van der Waals surface area contributed by atoms with Crippen LogP contribution in [0.3, 0.4) is 0 Å². The van der Waals surface area contributed by atoms with Crippen LogP contribution in [0.5, 0.6) is 11.5 Å². The summed E-state index contributed by atoms with van der Waals surface area (Å²) in [7, 11) is 1.65. The highest BCUT2D eigenvalue weighted by atomic mass is 79.9. The van der Waals surface area contributed by atoms with Crippen LogP contribution >= 0.6 is 15.9 Å². The van der Waals surface area contributed by atoms with Gasteiger partial charge in [0.2, 0.25) is 5.90 Å². The Kier molecular flexibility index (Phi) is 10.7. The van der Waals surface area contributed by atoms with Crippen molar-refractivity contribution < 1.29 is 24.1 Å². The van der Waals surface area contributed by atoms with Crippen LogP contribution in [0.2, 0.25) is 0 Å². The Morgan fingerprint density at radius 1 is 0.955 bits per heavy atom. The molecule has 0 radical (unpaired) electrons. The Morgan fingerprint density at radius 2 is 1.66 bits per heavy atom. The van der Waals surface area contributed by atoms with Crippen LogP contribution in [-0.4, -0.2) is 49.3 Å². The lowest BCUT2D eigenvalue weighted by atomic mass is 9.82. The normalized spacial score (nSPS) is 17.4. The third-order valence-corrected chi connectivity index (χ3v) is 8.24. The van der Waals surface area contributed by atoms with Gasteiger partial charge in [-0.1, -0.05) is 82.7 Å². The number of aliphatic hydroxyl groups is 1. The molecule has 4 aromatic rings. The number of para-hydroxylation sites is 1. The first-order chi connectivity index (χ1) is 21.5. The largest absolute Gasteiger partial charge is 0.496 e. The van der Waals surface area contributed by atoms with Gasteiger partial charge in [0.25, 0.3) is 5.91 Å². The molecule has 3 N–H and O–H groups in total. The van der Waals surface area contributed by atoms with Crippen LogP contribution in [0.4, 0.5) is 0 Å². The first-order valence-corrected chi connectivity index (χ1v) is 15.4. The van der Waals surface area contributed by atoms with E-state index in [4.69, 9.17) is 24.3 Å². The highest BCUT2D eigenvalue weighted by Crippen LogP contribution is 2.43. The summed E-state index contributed by atoms with van der Waals surface area (Å²) in [5.74, 6) is 1.55. The van der Waals surface area contributed by atoms with Crippen molar-refractivity contribution in [1.29, 1.82) is 0 Å². The zero-order valence-corrected chi connectivity index (χ0v) is 26.1. The topological polar surface area (TPSA) is 101 Å². The van der Waals surface area contributed by atoms with Crippen LogP contribution in [-0.2, 0) is 22.4 Å². The number of nitrogens with zero attached hydrogens (tertiary/aromatic N) is 1. The molecule has 4 aromatic carbocycles. The monoisotopic (exact) mass is 657 g/mol. The SMILES string of the molecule is COc1ccccc1CCNNC(=O)[C@@]1(Cc2ccccc2Br)N=C(c2ccc(OCCCO)cc2)O[C@H]1c1ccccc1. The first-order valence-electron chi connectivity index (χ1n) is 14.6. The highest BCUT2D eigenvalue weighted by molar-refractivity contribution is 9.10. The van der Waals surface area contributed by atoms with E-state index in [2.05, 4.69) is 26.8 Å². The maximum Gasteiger partial charge on any atom is 0.266 e. The number of halogens is 1. The molecule has 1 heterocycles. The van der Waals surface area contributed by atoms with Gasteiger partial charge in [-0.05, 0) is 59.5 Å². The molecule has 0 unspecified atom stereocenters. The first kappa shape index (κ1) is 31.3. The molecule has 2 atom stereocenters. The molecule has 1 aliphatic rings. The second kappa shape index (κ2) is 15.0. The number of aliphatic hydroxyl groups excluding tert-OH is 1. The lowest BCUT2D eigenvalue weighted by Crippen LogP contribution is -2.54. The molecule has 228 valence electrons. The van der Waals surface area contributed by atoms with Crippen molar-refractivity contribution in [2.24, 2.45) is 4.99 Å². The van der Waals surface area contributed by atoms with E-state index < -0.39 is 11.6 Å². The van der Waals surface area contributed by atoms with E-state index in [1.165, 1.54) is 0 Å². The molecule has 0 aliphatic carbocycles. The van der Waals surface area contributed by atoms with Gasteiger partial charge < -0.3 is 19.3 Å². The Balaban J connectivity index is 1.46. The van der Waals surface area contributed by atoms with Crippen molar-refractivity contribution in [2.45, 2.75) is 30.9 Å². The van der Waals surface area contributed by atoms with Crippen LogP contribution in [0.15, 0.2) is 113 Å². The fourth-order valence-electron chi connectivity index (χ4n) is 5.20. The summed E-state index contributed by atoms with van der Waals surface area (Å²) in [6, 6.07) is 32.8. The molecule has 8 nitrogen and oxygen atoms in total. The van der Waals surface area contributed by atoms with E-state index >= 15 is 0 Å². The Morgan fingerprint density at radius 3 is 2.39 bits per heavy atom. The molecular weight excluding hydrogens is 622 g/mol. The molecule has 9 heteroatoms. The number of benzene rings is 4. The predicted molar refractivity (Wildman–Crippen MR) is 174 cm³/mol. The smallest absolute Gasteiger partial charge is 0.266 e. The van der Waals surface area contributed by atoms with E-state index in [9.17, 15) is 4.79 Å². The maximum absolute atomic E-state index is 14.3. The second-order valence-corrected chi connectivity index (χ2v) is 11.3. The summed E-state index contributed by atoms with van der Waals surface area (Å²) >= 11 is 3.67. The van der Waals surface area contributed by atoms with Crippen molar-refractivity contribution >= 4 is 27.7 Å². The van der Waals surface area contributed by atoms with Gasteiger partial charge in [-0.25, -0.2) is 10.4 Å². The number of rotatable bonds is 14. The number of hydrogen-bond acceptors (Lipinski definition) is 7. The molecule has 44 heavy (non-hydrogen) atoms. The lowest BCUT2D eigenvalue weighted by molar-refractivity contribution is -0.130. The molecule has 0 spiro atoms. The van der Waals surface area contributed by atoms with Crippen molar-refractivity contribution in [2.75, 3.05) is 26.9 Å². The number of hydrogen-bond donors (Lipinski definition) is 3. The molecule has 0 aromatic heterocycles. The van der Waals surface area contributed by atoms with Crippen molar-refractivity contribution in [1.82, 2.24) is 10.9 Å². The zero-order valence-electron chi connectivity index (χ0n) is 24.5. The predicted octanol–water partition coefficient (Wildman–Crippen LogP) is 5.58. The number of amides is 1. The fourth-order valence-corrected chi connectivity index (χ4v) is 5.62. The minimum absolute atomic E-state index is 0.0700. The molecule has 1 aliphatic heterocycles. The van der Waals surface area contributed by atoms with Gasteiger partial charge in [-0.2, -0.15) is 0 Å². The summed E-state index contributed by atoms with van der Waals surface area (Å²) in [6.07, 6.45) is 0.805. The van der Waals surface area contributed by atoms with Crippen molar-refractivity contribution in [3.8, 4) is 11.5 Å². The van der Waals surface area contributed by atoms with Crippen molar-refractivity contribution in [3.05, 3.63) is 130 Å². The van der Waals surface area contributed by atoms with Crippen LogP contribution in [0, 0.1) is 0 Å². The number of carbonyl (C=O) groups excluding carboxylic acids is 1. The van der Waals surface area contributed by atoms with Crippen molar-refractivity contribution in [3.63, 3.8) is 0 Å². The second-order valence-electron chi connectivity index (χ2n) is 10.4. The van der Waals surface area contributed by atoms with Gasteiger partial charge in [0.15, 0.2) is 11.6 Å². The molecule has 0 saturated carbocycles. The standard InChI is InChI=1S/C35H36BrN3O5/c1-42-31-15-8-6-10-25(31)20-21-37-39-34(41)35(24-28-13-5-7-14-30(28)36)32(26-11-3-2-4-12-26)44-33(38-35)27-16-18-29(19-17-27)43-23-9-22-40/h2-8,10-19,32,37,40H,9,20-24H2,1H3,(H,39,41)/t32-,35-/m0/s1. The average molecular weight is 659 g/mol. The summed E-state index contributed by atoms with van der Waals surface area (Å²) in [5.41, 5.74) is 8.28. The molecule has 1 amide bonds. The third-order valence-electron chi connectivity index (χ3n) is 7.46. The van der Waals surface area contributed by atoms with E-state index in [0.717, 1.165) is 32.5 Å². The number of carbonyl (C=O) groups is 1. The quantitative estimate of drug-likeness (QED) is 0.121. The van der Waals surface area contributed by atoms with Crippen LogP contribution in [0.1, 0.15) is 34.8 Å². The maximum atomic E-state index is 14.3. The highest BCUT2D eigenvalue weighted by Gasteiger charge is 2.53. The van der Waals surface area contributed by atoms with Gasteiger partial charge >= 0.3 is 0 Å². The summed E-state index contributed by atoms with van der Waals surface area (Å²) in [5, 5.41) is 9.05. The zero-order chi connectivity index (χ0) is 30.8. The van der Waals surface area contributed by atoms with E-state index in [0.29, 0.717) is 44.1 Å². The Hall–Kier alpha value is -4.18. The van der Waals surface area contributed by atoms with E-state index in [1.807, 2.05) is 103 Å². The number of nitrogens with one attached hydrogen (secondary N) is 2. The number of ether oxygens (including phenoxy) is 3. The Labute approximate surface area is 266 Å². The molecule has 0 saturated heterocycles. The van der Waals surface area contributed by atoms with Gasteiger partial charge in [-0.3, -0.25) is 10.2 Å².